The van der Waals surface area contributed by atoms with Gasteiger partial charge in [-0.25, -0.2) is 9.37 Å². The van der Waals surface area contributed by atoms with Crippen molar-refractivity contribution >= 4 is 40.2 Å². The number of nitro groups is 1. The average Bonchev–Trinajstić information content (AvgIpc) is 3.14. The second-order valence-electron chi connectivity index (χ2n) is 7.49. The highest BCUT2D eigenvalue weighted by Gasteiger charge is 2.28. The third-order valence-corrected chi connectivity index (χ3v) is 6.73. The molecule has 1 aromatic heterocycles. The molecule has 0 unspecified atom stereocenters. The predicted octanol–water partition coefficient (Wildman–Crippen LogP) is 4.71. The maximum Gasteiger partial charge on any atom is 0.294 e. The summed E-state index contributed by atoms with van der Waals surface area (Å²) < 4.78 is 13.1. The van der Waals surface area contributed by atoms with Crippen LogP contribution in [0.1, 0.15) is 25.9 Å². The van der Waals surface area contributed by atoms with Crippen LogP contribution in [0.2, 0.25) is 5.02 Å². The summed E-state index contributed by atoms with van der Waals surface area (Å²) in [7, 11) is 0. The number of hydrogen-bond acceptors (Lipinski definition) is 6. The minimum Gasteiger partial charge on any atom is -0.362 e. The molecule has 2 heterocycles. The van der Waals surface area contributed by atoms with Gasteiger partial charge in [0.05, 0.1) is 15.6 Å². The molecule has 4 rings (SSSR count). The number of benzene rings is 2. The van der Waals surface area contributed by atoms with Gasteiger partial charge in [-0.2, -0.15) is 0 Å². The van der Waals surface area contributed by atoms with E-state index >= 15 is 0 Å². The van der Waals surface area contributed by atoms with Gasteiger partial charge in [0.1, 0.15) is 16.4 Å². The molecule has 1 saturated heterocycles. The first-order valence-electron chi connectivity index (χ1n) is 10.0. The lowest BCUT2D eigenvalue weighted by atomic mass is 10.1. The molecule has 166 valence electrons. The first kappa shape index (κ1) is 22.2. The second kappa shape index (κ2) is 9.22. The van der Waals surface area contributed by atoms with Crippen LogP contribution in [-0.2, 0) is 6.42 Å². The molecule has 0 saturated carbocycles. The van der Waals surface area contributed by atoms with Crippen LogP contribution in [0.15, 0.2) is 42.5 Å². The Bertz CT molecular complexity index is 1160. The van der Waals surface area contributed by atoms with Crippen molar-refractivity contribution in [3.63, 3.8) is 0 Å². The maximum atomic E-state index is 13.1. The lowest BCUT2D eigenvalue weighted by molar-refractivity contribution is -0.384. The van der Waals surface area contributed by atoms with Crippen molar-refractivity contribution in [1.29, 1.82) is 0 Å². The molecular weight excluding hydrogens is 455 g/mol. The minimum atomic E-state index is -0.442. The van der Waals surface area contributed by atoms with E-state index in [-0.39, 0.29) is 17.4 Å². The molecule has 1 aliphatic rings. The van der Waals surface area contributed by atoms with Crippen molar-refractivity contribution in [2.45, 2.75) is 13.3 Å². The Morgan fingerprint density at radius 3 is 2.53 bits per heavy atom. The van der Waals surface area contributed by atoms with Crippen LogP contribution < -0.4 is 4.90 Å². The summed E-state index contributed by atoms with van der Waals surface area (Å²) >= 11 is 7.26. The Kier molecular flexibility index (Phi) is 6.38. The zero-order valence-electron chi connectivity index (χ0n) is 17.3. The number of nitro benzene ring substituents is 1. The highest BCUT2D eigenvalue weighted by Crippen LogP contribution is 2.32. The molecule has 1 fully saturated rings. The molecule has 0 spiro atoms. The second-order valence-corrected chi connectivity index (χ2v) is 9.01. The van der Waals surface area contributed by atoms with Crippen molar-refractivity contribution in [1.82, 2.24) is 9.88 Å². The topological polar surface area (TPSA) is 79.6 Å². The van der Waals surface area contributed by atoms with Crippen molar-refractivity contribution in [3.05, 3.63) is 84.6 Å². The van der Waals surface area contributed by atoms with Crippen LogP contribution >= 0.6 is 22.9 Å². The van der Waals surface area contributed by atoms with Crippen molar-refractivity contribution in [2.24, 2.45) is 0 Å². The Morgan fingerprint density at radius 2 is 1.88 bits per heavy atom. The van der Waals surface area contributed by atoms with E-state index in [4.69, 9.17) is 11.6 Å². The molecule has 2 aromatic carbocycles. The smallest absolute Gasteiger partial charge is 0.294 e. The SMILES string of the molecule is Cc1nc(Cc2ccc(F)cc2)sc1C(=O)N1CCN(c2ccc(Cl)cc2[N+](=O)[O-])CC1. The van der Waals surface area contributed by atoms with Gasteiger partial charge in [0.15, 0.2) is 0 Å². The molecular formula is C22H20ClFN4O3S. The Hall–Kier alpha value is -3.04. The molecule has 0 bridgehead atoms. The van der Waals surface area contributed by atoms with E-state index in [2.05, 4.69) is 4.98 Å². The maximum absolute atomic E-state index is 13.1. The lowest BCUT2D eigenvalue weighted by Gasteiger charge is -2.35. The third-order valence-electron chi connectivity index (χ3n) is 5.35. The number of hydrogen-bond donors (Lipinski definition) is 0. The molecule has 7 nitrogen and oxygen atoms in total. The van der Waals surface area contributed by atoms with E-state index in [9.17, 15) is 19.3 Å². The van der Waals surface area contributed by atoms with Gasteiger partial charge in [-0.3, -0.25) is 14.9 Å². The van der Waals surface area contributed by atoms with Crippen LogP contribution in [0.5, 0.6) is 0 Å². The first-order chi connectivity index (χ1) is 15.3. The van der Waals surface area contributed by atoms with Gasteiger partial charge in [0, 0.05) is 43.7 Å². The summed E-state index contributed by atoms with van der Waals surface area (Å²) in [6, 6.07) is 10.9. The third kappa shape index (κ3) is 4.73. The Morgan fingerprint density at radius 1 is 1.19 bits per heavy atom. The summed E-state index contributed by atoms with van der Waals surface area (Å²) in [5.74, 6) is -0.376. The van der Waals surface area contributed by atoms with E-state index in [0.29, 0.717) is 53.9 Å². The largest absolute Gasteiger partial charge is 0.362 e. The van der Waals surface area contributed by atoms with Gasteiger partial charge < -0.3 is 9.80 Å². The molecule has 0 atom stereocenters. The molecule has 1 amide bonds. The number of piperazine rings is 1. The van der Waals surface area contributed by atoms with Crippen molar-refractivity contribution in [3.8, 4) is 0 Å². The number of rotatable bonds is 5. The van der Waals surface area contributed by atoms with Gasteiger partial charge in [0.2, 0.25) is 0 Å². The highest BCUT2D eigenvalue weighted by atomic mass is 35.5. The molecule has 10 heteroatoms. The summed E-state index contributed by atoms with van der Waals surface area (Å²) in [6.45, 7) is 3.67. The average molecular weight is 475 g/mol. The van der Waals surface area contributed by atoms with Crippen LogP contribution in [0, 0.1) is 22.9 Å². The van der Waals surface area contributed by atoms with Gasteiger partial charge >= 0.3 is 0 Å². The van der Waals surface area contributed by atoms with Gasteiger partial charge in [-0.1, -0.05) is 23.7 Å². The molecule has 0 radical (unpaired) electrons. The van der Waals surface area contributed by atoms with Gasteiger partial charge in [-0.15, -0.1) is 11.3 Å². The lowest BCUT2D eigenvalue weighted by Crippen LogP contribution is -2.48. The monoisotopic (exact) mass is 474 g/mol. The molecule has 0 aliphatic carbocycles. The zero-order chi connectivity index (χ0) is 22.8. The normalized spacial score (nSPS) is 14.0. The van der Waals surface area contributed by atoms with E-state index < -0.39 is 4.92 Å². The number of amides is 1. The van der Waals surface area contributed by atoms with Crippen molar-refractivity contribution < 1.29 is 14.1 Å². The fourth-order valence-electron chi connectivity index (χ4n) is 3.71. The fraction of sp³-hybridized carbons (Fsp3) is 0.273. The first-order valence-corrected chi connectivity index (χ1v) is 11.2. The number of aromatic nitrogens is 1. The number of carbonyl (C=O) groups excluding carboxylic acids is 1. The Labute approximate surface area is 193 Å². The molecule has 1 aliphatic heterocycles. The number of carbonyl (C=O) groups is 1. The molecule has 0 N–H and O–H groups in total. The van der Waals surface area contributed by atoms with Gasteiger partial charge in [-0.05, 0) is 36.8 Å². The van der Waals surface area contributed by atoms with E-state index in [1.165, 1.54) is 29.5 Å². The Balaban J connectivity index is 1.43. The number of nitrogens with zero attached hydrogens (tertiary/aromatic N) is 4. The van der Waals surface area contributed by atoms with Crippen LogP contribution in [0.3, 0.4) is 0 Å². The molecule has 3 aromatic rings. The van der Waals surface area contributed by atoms with Crippen LogP contribution in [0.4, 0.5) is 15.8 Å². The predicted molar refractivity (Wildman–Crippen MR) is 122 cm³/mol. The van der Waals surface area contributed by atoms with Crippen LogP contribution in [0.25, 0.3) is 0 Å². The van der Waals surface area contributed by atoms with E-state index in [1.54, 1.807) is 29.2 Å². The quantitative estimate of drug-likeness (QED) is 0.395. The number of halogens is 2. The van der Waals surface area contributed by atoms with Crippen molar-refractivity contribution in [2.75, 3.05) is 31.1 Å². The fourth-order valence-corrected chi connectivity index (χ4v) is 4.94. The highest BCUT2D eigenvalue weighted by molar-refractivity contribution is 7.13. The van der Waals surface area contributed by atoms with E-state index in [1.807, 2.05) is 11.8 Å². The number of anilines is 1. The van der Waals surface area contributed by atoms with Gasteiger partial charge in [0.25, 0.3) is 11.6 Å². The summed E-state index contributed by atoms with van der Waals surface area (Å²) in [6.07, 6.45) is 0.535. The summed E-state index contributed by atoms with van der Waals surface area (Å²) in [4.78, 5) is 32.8. The van der Waals surface area contributed by atoms with Crippen LogP contribution in [-0.4, -0.2) is 46.9 Å². The summed E-state index contributed by atoms with van der Waals surface area (Å²) in [5, 5.41) is 12.5. The molecule has 32 heavy (non-hydrogen) atoms. The summed E-state index contributed by atoms with van der Waals surface area (Å²) in [5.41, 5.74) is 2.06. The van der Waals surface area contributed by atoms with E-state index in [0.717, 1.165) is 10.6 Å². The standard InChI is InChI=1S/C22H20ClFN4O3S/c1-14-21(32-20(25-14)12-15-2-5-17(24)6-3-15)22(29)27-10-8-26(9-11-27)18-7-4-16(23)13-19(18)28(30)31/h2-7,13H,8-12H2,1H3. The zero-order valence-corrected chi connectivity index (χ0v) is 18.8. The number of thiazole rings is 1. The minimum absolute atomic E-state index is 0.0407. The number of aryl methyl sites for hydroxylation is 1.